The molecule has 0 saturated carbocycles. The van der Waals surface area contributed by atoms with Crippen molar-refractivity contribution in [3.63, 3.8) is 0 Å². The molecule has 0 N–H and O–H groups in total. The van der Waals surface area contributed by atoms with E-state index in [1.165, 1.54) is 23.7 Å². The van der Waals surface area contributed by atoms with Crippen LogP contribution in [0.15, 0.2) is 24.3 Å². The molecule has 0 saturated heterocycles. The summed E-state index contributed by atoms with van der Waals surface area (Å²) in [6, 6.07) is 6.62. The van der Waals surface area contributed by atoms with Crippen LogP contribution in [0.5, 0.6) is 0 Å². The van der Waals surface area contributed by atoms with E-state index in [0.29, 0.717) is 19.4 Å². The number of halogens is 1. The first-order valence-electron chi connectivity index (χ1n) is 9.06. The van der Waals surface area contributed by atoms with Gasteiger partial charge in [0.2, 0.25) is 11.0 Å². The largest absolute Gasteiger partial charge is 0.344 e. The molecular weight excluding hydrogens is 351 g/mol. The van der Waals surface area contributed by atoms with E-state index in [0.717, 1.165) is 29.6 Å². The second-order valence-electron chi connectivity index (χ2n) is 6.40. The van der Waals surface area contributed by atoms with Gasteiger partial charge in [0, 0.05) is 50.1 Å². The molecule has 2 rings (SSSR count). The number of hydrogen-bond acceptors (Lipinski definition) is 5. The first kappa shape index (κ1) is 20.3. The van der Waals surface area contributed by atoms with Crippen LogP contribution in [0.25, 0.3) is 0 Å². The molecule has 1 amide bonds. The first-order valence-corrected chi connectivity index (χ1v) is 9.83. The average molecular weight is 379 g/mol. The van der Waals surface area contributed by atoms with Crippen molar-refractivity contribution in [2.75, 3.05) is 24.5 Å². The summed E-state index contributed by atoms with van der Waals surface area (Å²) in [6.07, 6.45) is 1.04. The Balaban J connectivity index is 2.02. The zero-order valence-corrected chi connectivity index (χ0v) is 16.7. The van der Waals surface area contributed by atoms with Gasteiger partial charge in [-0.3, -0.25) is 4.79 Å². The van der Waals surface area contributed by atoms with Crippen molar-refractivity contribution < 1.29 is 9.18 Å². The molecule has 26 heavy (non-hydrogen) atoms. The smallest absolute Gasteiger partial charge is 0.224 e. The number of amides is 1. The lowest BCUT2D eigenvalue weighted by molar-refractivity contribution is -0.130. The molecule has 1 heterocycles. The monoisotopic (exact) mass is 378 g/mol. The summed E-state index contributed by atoms with van der Waals surface area (Å²) in [4.78, 5) is 20.9. The summed E-state index contributed by atoms with van der Waals surface area (Å²) in [7, 11) is 0. The zero-order chi connectivity index (χ0) is 19.1. The Hall–Kier alpha value is -2.02. The van der Waals surface area contributed by atoms with Gasteiger partial charge in [0.05, 0.1) is 0 Å². The van der Waals surface area contributed by atoms with Crippen LogP contribution in [0, 0.1) is 5.82 Å². The van der Waals surface area contributed by atoms with Crippen molar-refractivity contribution in [3.8, 4) is 0 Å². The van der Waals surface area contributed by atoms with Gasteiger partial charge >= 0.3 is 0 Å². The van der Waals surface area contributed by atoms with Gasteiger partial charge in [-0.1, -0.05) is 12.1 Å². The normalized spacial score (nSPS) is 11.0. The van der Waals surface area contributed by atoms with Crippen molar-refractivity contribution in [3.05, 3.63) is 41.5 Å². The van der Waals surface area contributed by atoms with Crippen LogP contribution in [-0.2, 0) is 11.2 Å². The van der Waals surface area contributed by atoms with Crippen molar-refractivity contribution in [2.45, 2.75) is 46.6 Å². The maximum atomic E-state index is 13.0. The summed E-state index contributed by atoms with van der Waals surface area (Å²) in [6.45, 7) is 10.3. The first-order chi connectivity index (χ1) is 12.4. The van der Waals surface area contributed by atoms with Gasteiger partial charge in [-0.05, 0) is 45.4 Å². The molecule has 0 unspecified atom stereocenters. The van der Waals surface area contributed by atoms with Crippen LogP contribution in [0.4, 0.5) is 9.52 Å². The highest BCUT2D eigenvalue weighted by Gasteiger charge is 2.18. The van der Waals surface area contributed by atoms with Crippen LogP contribution in [0.1, 0.15) is 45.5 Å². The predicted molar refractivity (Wildman–Crippen MR) is 104 cm³/mol. The Morgan fingerprint density at radius 2 is 1.85 bits per heavy atom. The summed E-state index contributed by atoms with van der Waals surface area (Å²) in [5.41, 5.74) is 0.976. The minimum absolute atomic E-state index is 0.164. The number of nitrogens with zero attached hydrogens (tertiary/aromatic N) is 4. The summed E-state index contributed by atoms with van der Waals surface area (Å²) < 4.78 is 17.4. The van der Waals surface area contributed by atoms with Crippen molar-refractivity contribution in [1.82, 2.24) is 14.3 Å². The summed E-state index contributed by atoms with van der Waals surface area (Å²) in [5.74, 6) is 0.638. The standard InChI is InChI=1S/C19H27FN4OS/c1-5-23(6-2)18(25)11-12-24(14(3)4)19-21-17(22-26-19)13-15-7-9-16(20)10-8-15/h7-10,14H,5-6,11-13H2,1-4H3. The van der Waals surface area contributed by atoms with Gasteiger partial charge in [-0.25, -0.2) is 9.37 Å². The van der Waals surface area contributed by atoms with Gasteiger partial charge in [-0.15, -0.1) is 0 Å². The molecule has 0 aliphatic carbocycles. The van der Waals surface area contributed by atoms with Crippen molar-refractivity contribution in [1.29, 1.82) is 0 Å². The van der Waals surface area contributed by atoms with Crippen molar-refractivity contribution >= 4 is 22.6 Å². The SMILES string of the molecule is CCN(CC)C(=O)CCN(c1nc(Cc2ccc(F)cc2)ns1)C(C)C. The molecule has 7 heteroatoms. The Morgan fingerprint density at radius 1 is 1.19 bits per heavy atom. The van der Waals surface area contributed by atoms with Crippen LogP contribution in [0.3, 0.4) is 0 Å². The zero-order valence-electron chi connectivity index (χ0n) is 15.9. The molecule has 0 atom stereocenters. The van der Waals surface area contributed by atoms with Crippen LogP contribution >= 0.6 is 11.5 Å². The molecule has 5 nitrogen and oxygen atoms in total. The summed E-state index contributed by atoms with van der Waals surface area (Å²) >= 11 is 1.35. The summed E-state index contributed by atoms with van der Waals surface area (Å²) in [5, 5.41) is 0.824. The Bertz CT molecular complexity index is 698. The van der Waals surface area contributed by atoms with E-state index in [1.807, 2.05) is 18.7 Å². The minimum atomic E-state index is -0.246. The lowest BCUT2D eigenvalue weighted by Crippen LogP contribution is -2.37. The molecule has 142 valence electrons. The van der Waals surface area contributed by atoms with Gasteiger partial charge in [0.25, 0.3) is 0 Å². The Kier molecular flexibility index (Phi) is 7.50. The van der Waals surface area contributed by atoms with E-state index in [2.05, 4.69) is 28.1 Å². The quantitative estimate of drug-likeness (QED) is 0.667. The van der Waals surface area contributed by atoms with Crippen LogP contribution < -0.4 is 4.90 Å². The average Bonchev–Trinajstić information content (AvgIpc) is 3.06. The Labute approximate surface area is 159 Å². The number of aromatic nitrogens is 2. The lowest BCUT2D eigenvalue weighted by atomic mass is 10.1. The maximum absolute atomic E-state index is 13.0. The third kappa shape index (κ3) is 5.49. The molecule has 2 aromatic rings. The highest BCUT2D eigenvalue weighted by atomic mass is 32.1. The minimum Gasteiger partial charge on any atom is -0.344 e. The third-order valence-electron chi connectivity index (χ3n) is 4.28. The topological polar surface area (TPSA) is 49.3 Å². The number of carbonyl (C=O) groups excluding carboxylic acids is 1. The molecule has 0 spiro atoms. The van der Waals surface area contributed by atoms with E-state index in [4.69, 9.17) is 0 Å². The van der Waals surface area contributed by atoms with E-state index in [9.17, 15) is 9.18 Å². The van der Waals surface area contributed by atoms with Gasteiger partial charge in [-0.2, -0.15) is 4.37 Å². The molecule has 1 aromatic carbocycles. The molecule has 0 fully saturated rings. The second-order valence-corrected chi connectivity index (χ2v) is 7.13. The molecule has 0 aliphatic rings. The highest BCUT2D eigenvalue weighted by Crippen LogP contribution is 2.21. The molecule has 0 bridgehead atoms. The predicted octanol–water partition coefficient (Wildman–Crippen LogP) is 3.74. The van der Waals surface area contributed by atoms with Gasteiger partial charge in [0.15, 0.2) is 0 Å². The van der Waals surface area contributed by atoms with E-state index in [1.54, 1.807) is 12.1 Å². The fourth-order valence-electron chi connectivity index (χ4n) is 2.74. The lowest BCUT2D eigenvalue weighted by Gasteiger charge is -2.27. The number of carbonyl (C=O) groups is 1. The highest BCUT2D eigenvalue weighted by molar-refractivity contribution is 7.09. The third-order valence-corrected chi connectivity index (χ3v) is 5.08. The van der Waals surface area contributed by atoms with E-state index < -0.39 is 0 Å². The van der Waals surface area contributed by atoms with Crippen molar-refractivity contribution in [2.24, 2.45) is 0 Å². The van der Waals surface area contributed by atoms with E-state index >= 15 is 0 Å². The fraction of sp³-hybridized carbons (Fsp3) is 0.526. The van der Waals surface area contributed by atoms with Gasteiger partial charge < -0.3 is 9.80 Å². The molecule has 0 aliphatic heterocycles. The maximum Gasteiger partial charge on any atom is 0.224 e. The van der Waals surface area contributed by atoms with Crippen LogP contribution in [-0.4, -0.2) is 45.8 Å². The van der Waals surface area contributed by atoms with Crippen LogP contribution in [0.2, 0.25) is 0 Å². The fourth-order valence-corrected chi connectivity index (χ4v) is 3.59. The number of anilines is 1. The van der Waals surface area contributed by atoms with E-state index in [-0.39, 0.29) is 17.8 Å². The number of hydrogen-bond donors (Lipinski definition) is 0. The number of benzene rings is 1. The number of rotatable bonds is 9. The molecule has 1 aromatic heterocycles. The second kappa shape index (κ2) is 9.62. The van der Waals surface area contributed by atoms with Gasteiger partial charge in [0.1, 0.15) is 11.6 Å². The molecule has 0 radical (unpaired) electrons. The molecular formula is C19H27FN4OS. The Morgan fingerprint density at radius 3 is 2.42 bits per heavy atom.